The van der Waals surface area contributed by atoms with Crippen molar-refractivity contribution in [3.05, 3.63) is 123 Å². The van der Waals surface area contributed by atoms with Crippen LogP contribution in [0.3, 0.4) is 0 Å². The van der Waals surface area contributed by atoms with Crippen molar-refractivity contribution in [2.45, 2.75) is 78.0 Å². The zero-order chi connectivity index (χ0) is 84.7. The van der Waals surface area contributed by atoms with E-state index in [1.54, 1.807) is 50.9 Å². The third-order valence-electron chi connectivity index (χ3n) is 21.4. The molecule has 8 aromatic rings. The summed E-state index contributed by atoms with van der Waals surface area (Å²) in [5, 5.41) is 10.1. The number of aromatic nitrogens is 8. The largest absolute Gasteiger partial charge is 0.687 e. The van der Waals surface area contributed by atoms with Crippen LogP contribution in [0.1, 0.15) is 63.8 Å². The van der Waals surface area contributed by atoms with Crippen molar-refractivity contribution in [1.82, 2.24) is 49.7 Å². The molecule has 0 amide bonds. The lowest BCUT2D eigenvalue weighted by molar-refractivity contribution is -0.0412. The smallest absolute Gasteiger partial charge is 0.229 e. The third kappa shape index (κ3) is 23.2. The van der Waals surface area contributed by atoms with Crippen LogP contribution < -0.4 is 41.0 Å². The maximum absolute atomic E-state index is 12.3. The van der Waals surface area contributed by atoms with Crippen LogP contribution in [0.2, 0.25) is 15.3 Å². The first-order valence-electron chi connectivity index (χ1n) is 37.6. The highest BCUT2D eigenvalue weighted by atomic mass is 35.5. The number of sulfone groups is 2. The van der Waals surface area contributed by atoms with Crippen molar-refractivity contribution < 1.29 is 26.3 Å². The molecule has 551 valence electrons. The topological polar surface area (TPSA) is 265 Å². The molecule has 4 aliphatic heterocycles. The predicted octanol–water partition coefficient (Wildman–Crippen LogP) is 0.691. The van der Waals surface area contributed by atoms with Crippen LogP contribution in [0.4, 0.5) is 51.7 Å². The molecule has 8 heterocycles. The van der Waals surface area contributed by atoms with Gasteiger partial charge in [-0.25, -0.2) is 33.2 Å². The molecule has 4 aromatic carbocycles. The fourth-order valence-corrected chi connectivity index (χ4v) is 17.9. The normalized spacial score (nSPS) is 14.5. The SMILES string of the molecule is CCc1cc(N)c(OC)cc1N1CC2(C1)CN(C(C)C)C2.CCc1cc(Nc2ncc(Cl)c(Nc3ccc4nccnc4c3CS(C)(=O)=O)n2)c(OC)cc1N1CC2(C1)CN(C(C)C)C2.CS(=O)(=O)Cc1c(Nc2nc(Cl)ncc2Cl)ccc2nccnc12.[B]B([B])B(B([B])[B])B(B(B([B])[B])B([B])[B])B(B([B])[B])B(B([B])[B])B([B])[B-]. The molecule has 0 atom stereocenters. The Morgan fingerprint density at radius 2 is 0.896 bits per heavy atom. The number of nitrogens with zero attached hydrogens (tertiary/aromatic N) is 12. The number of anilines is 9. The Morgan fingerprint density at radius 3 is 1.28 bits per heavy atom. The van der Waals surface area contributed by atoms with E-state index in [1.807, 2.05) is 0 Å². The first kappa shape index (κ1) is 93.4. The molecule has 29 radical (unpaired) electrons. The number of fused-ring (bicyclic) bond motifs is 2. The zero-order valence-corrected chi connectivity index (χ0v) is 70.5. The summed E-state index contributed by atoms with van der Waals surface area (Å²) in [7, 11) is 79.5. The van der Waals surface area contributed by atoms with Crippen molar-refractivity contribution in [2.24, 2.45) is 10.8 Å². The highest BCUT2D eigenvalue weighted by molar-refractivity contribution is 8.25. The van der Waals surface area contributed by atoms with E-state index in [9.17, 15) is 16.8 Å². The molecule has 0 bridgehead atoms. The number of halogens is 3. The van der Waals surface area contributed by atoms with Crippen molar-refractivity contribution in [2.75, 3.05) is 111 Å². The van der Waals surface area contributed by atoms with Gasteiger partial charge in [0.05, 0.1) is 71.6 Å². The lowest BCUT2D eigenvalue weighted by Gasteiger charge is -2.62. The van der Waals surface area contributed by atoms with Gasteiger partial charge >= 0.3 is 0 Å². The van der Waals surface area contributed by atoms with Crippen molar-refractivity contribution in [3.8, 4) is 11.5 Å². The zero-order valence-electron chi connectivity index (χ0n) is 66.6. The van der Waals surface area contributed by atoms with E-state index in [0.29, 0.717) is 85.0 Å². The van der Waals surface area contributed by atoms with Crippen LogP contribution in [-0.2, 0) is 44.0 Å². The van der Waals surface area contributed by atoms with Gasteiger partial charge in [-0.1, -0.05) is 37.0 Å². The van der Waals surface area contributed by atoms with Gasteiger partial charge in [0.15, 0.2) is 31.3 Å². The number of rotatable bonds is 29. The quantitative estimate of drug-likeness (QED) is 0.0286. The molecular weight excluding hydrogens is 1520 g/mol. The van der Waals surface area contributed by atoms with E-state index in [4.69, 9.17) is 158 Å². The van der Waals surface area contributed by atoms with Gasteiger partial charge in [-0.15, -0.1) is 0 Å². The van der Waals surface area contributed by atoms with E-state index in [1.165, 1.54) is 66.6 Å². The molecule has 115 heavy (non-hydrogen) atoms. The Balaban J connectivity index is 0.000000185. The lowest BCUT2D eigenvalue weighted by atomic mass is 8.34. The fraction of sp³-hybridized carbons (Fsp3) is 0.419. The lowest BCUT2D eigenvalue weighted by Crippen LogP contribution is -2.86. The number of hydrogen-bond acceptors (Lipinski definition) is 22. The second-order valence-electron chi connectivity index (χ2n) is 31.0. The molecule has 22 nitrogen and oxygen atoms in total. The molecule has 0 unspecified atom stereocenters. The fourth-order valence-electron chi connectivity index (χ4n) is 15.9. The highest BCUT2D eigenvalue weighted by Gasteiger charge is 2.54. The van der Waals surface area contributed by atoms with Crippen LogP contribution in [0, 0.1) is 10.8 Å². The minimum Gasteiger partial charge on any atom is -0.687 e. The summed E-state index contributed by atoms with van der Waals surface area (Å²) < 4.78 is 59.4. The molecule has 0 saturated carbocycles. The number of nitrogens with one attached hydrogen (secondary N) is 3. The molecule has 4 aromatic heterocycles. The van der Waals surface area contributed by atoms with Crippen LogP contribution in [0.5, 0.6) is 11.5 Å². The van der Waals surface area contributed by atoms with E-state index in [2.05, 4.69) is 141 Å². The number of hydrogen-bond donors (Lipinski definition) is 4. The van der Waals surface area contributed by atoms with Crippen molar-refractivity contribution in [3.63, 3.8) is 0 Å². The second kappa shape index (κ2) is 39.8. The molecule has 4 aliphatic rings. The van der Waals surface area contributed by atoms with Crippen LogP contribution >= 0.6 is 34.8 Å². The second-order valence-corrected chi connectivity index (χ2v) is 36.5. The summed E-state index contributed by atoms with van der Waals surface area (Å²) in [5.74, 6) is 1.94. The minimum absolute atomic E-state index is 0.0205. The Hall–Kier alpha value is -5.50. The number of nitrogen functional groups attached to an aromatic ring is 1. The number of nitrogens with two attached hydrogens (primary N) is 1. The number of methoxy groups -OCH3 is 2. The van der Waals surface area contributed by atoms with Crippen molar-refractivity contribution >= 4 is 313 Å². The van der Waals surface area contributed by atoms with Gasteiger partial charge in [-0.2, -0.15) is 9.97 Å². The molecule has 4 saturated heterocycles. The summed E-state index contributed by atoms with van der Waals surface area (Å²) >= 11 is 18.4. The van der Waals surface area contributed by atoms with Crippen molar-refractivity contribution in [1.29, 1.82) is 0 Å². The molecule has 53 heteroatoms. The van der Waals surface area contributed by atoms with Gasteiger partial charge in [-0.3, -0.25) is 29.7 Å². The first-order valence-corrected chi connectivity index (χ1v) is 42.8. The maximum atomic E-state index is 12.3. The summed E-state index contributed by atoms with van der Waals surface area (Å²) in [6.45, 7) is 22.6. The number of ether oxygens (including phenoxy) is 2. The molecule has 5 N–H and O–H groups in total. The summed E-state index contributed by atoms with van der Waals surface area (Å²) in [6, 6.07) is 16.6. The van der Waals surface area contributed by atoms with Gasteiger partial charge in [0.1, 0.15) is 21.5 Å². The summed E-state index contributed by atoms with van der Waals surface area (Å²) in [5.41, 5.74) is 17.6. The monoisotopic (exact) mass is 1590 g/mol. The van der Waals surface area contributed by atoms with Gasteiger partial charge in [0, 0.05) is 159 Å². The number of benzene rings is 4. The Morgan fingerprint density at radius 1 is 0.504 bits per heavy atom. The molecular formula is C62H75B26Cl3N16O6S2-. The minimum atomic E-state index is -3.38. The number of aryl methyl sites for hydroxylation is 2. The molecule has 12 rings (SSSR count). The molecule has 2 spiro atoms. The van der Waals surface area contributed by atoms with E-state index < -0.39 is 96.3 Å². The van der Waals surface area contributed by atoms with Crippen LogP contribution in [0.25, 0.3) is 22.1 Å². The average Bonchev–Trinajstić information content (AvgIpc) is 0.721. The third-order valence-corrected chi connectivity index (χ3v) is 23.8. The average molecular weight is 1590 g/mol. The highest BCUT2D eigenvalue weighted by Crippen LogP contribution is 2.48. The first-order chi connectivity index (χ1) is 54.0. The maximum Gasteiger partial charge on any atom is 0.229 e. The van der Waals surface area contributed by atoms with Gasteiger partial charge in [0.2, 0.25) is 11.2 Å². The van der Waals surface area contributed by atoms with Gasteiger partial charge in [0.25, 0.3) is 0 Å². The summed E-state index contributed by atoms with van der Waals surface area (Å²) in [6.07, 6.45) is 2.35. The molecule has 0 aliphatic carbocycles. The Kier molecular flexibility index (Phi) is 32.3. The Bertz CT molecular complexity index is 4880. The van der Waals surface area contributed by atoms with Gasteiger partial charge in [-0.05, 0) is 270 Å². The van der Waals surface area contributed by atoms with E-state index >= 15 is 0 Å². The standard InChI is InChI=1S/C31H37ClN8O3S.C17H27N3O.C14H11Cl2N5O2S.B26/c1-6-20-11-25(27(43-4)12-26(20)40-17-31(18-40)15-39(16-31)19(2)3)37-30-35-13-22(32)29(38-30)36-23-7-8-24-28(34-10-9-33-24)21(23)14-44(5,41)42;1-5-13-6-14(18)16(21-4)7-15(13)20-10-17(11-20)8-19(9-17)12(2)3;1-24(22,23)7-8-10(2-3-11-12(8)18-5-4-17-11)20-13-9(15)6-19-14(16)21-13;1-15(2)22(16(3)4)25(21(13)14)26(23(17(5)6)18(7)8)24(19(9)10)20(11)12/h7-13,19H,6,14-18H2,1-5H3,(H2,35,36,37,38);6-7,12H,5,8-11,18H2,1-4H3;2-6H,7H2,1H3,(H,19,20,21);/q;;;-1. The Labute approximate surface area is 717 Å². The van der Waals surface area contributed by atoms with Crippen LogP contribution in [-0.4, -0.2) is 343 Å². The number of likely N-dealkylation sites (tertiary alicyclic amines) is 2. The predicted molar refractivity (Wildman–Crippen MR) is 507 cm³/mol. The van der Waals surface area contributed by atoms with E-state index in [-0.39, 0.29) is 32.7 Å². The van der Waals surface area contributed by atoms with Crippen LogP contribution in [0.15, 0.2) is 85.7 Å². The van der Waals surface area contributed by atoms with Gasteiger partial charge < -0.3 is 48.7 Å². The van der Waals surface area contributed by atoms with E-state index in [0.717, 1.165) is 75.5 Å². The summed E-state index contributed by atoms with van der Waals surface area (Å²) in [4.78, 5) is 44.0. The molecule has 4 fully saturated rings.